The molecule has 1 fully saturated rings. The Morgan fingerprint density at radius 3 is 3.00 bits per heavy atom. The van der Waals surface area contributed by atoms with Crippen molar-refractivity contribution in [2.24, 2.45) is 0 Å². The Labute approximate surface area is 116 Å². The molecule has 1 atom stereocenters. The molecule has 2 rings (SSSR count). The van der Waals surface area contributed by atoms with Crippen LogP contribution >= 0.6 is 11.3 Å². The van der Waals surface area contributed by atoms with Crippen molar-refractivity contribution in [2.45, 2.75) is 25.3 Å². The first kappa shape index (κ1) is 14.0. The second-order valence-electron chi connectivity index (χ2n) is 4.58. The number of hydrogen-bond acceptors (Lipinski definition) is 4. The number of amides is 2. The van der Waals surface area contributed by atoms with Crippen LogP contribution in [0.5, 0.6) is 0 Å². The van der Waals surface area contributed by atoms with E-state index in [2.05, 4.69) is 16.0 Å². The molecule has 5 nitrogen and oxygen atoms in total. The van der Waals surface area contributed by atoms with Gasteiger partial charge in [-0.15, -0.1) is 11.3 Å². The molecule has 1 saturated heterocycles. The van der Waals surface area contributed by atoms with E-state index >= 15 is 0 Å². The van der Waals surface area contributed by atoms with E-state index in [1.165, 1.54) is 17.8 Å². The van der Waals surface area contributed by atoms with Crippen LogP contribution in [0.25, 0.3) is 0 Å². The van der Waals surface area contributed by atoms with Gasteiger partial charge in [-0.3, -0.25) is 9.59 Å². The van der Waals surface area contributed by atoms with Crippen LogP contribution in [-0.4, -0.2) is 37.5 Å². The maximum atomic E-state index is 11.6. The number of rotatable bonds is 6. The second kappa shape index (κ2) is 7.25. The molecule has 1 aliphatic heterocycles. The molecule has 3 N–H and O–H groups in total. The molecule has 2 amide bonds. The van der Waals surface area contributed by atoms with E-state index in [1.54, 1.807) is 6.07 Å². The van der Waals surface area contributed by atoms with E-state index in [9.17, 15) is 9.59 Å². The van der Waals surface area contributed by atoms with Crippen molar-refractivity contribution in [3.63, 3.8) is 0 Å². The average molecular weight is 281 g/mol. The standard InChI is InChI=1S/C13H19N3O2S/c17-12(16-9-10-3-1-6-14-10)5-7-15-13(18)11-4-2-8-19-11/h2,4,8,10,14H,1,3,5-7,9H2,(H,15,18)(H,16,17). The van der Waals surface area contributed by atoms with Crippen LogP contribution in [0, 0.1) is 0 Å². The Kier molecular flexibility index (Phi) is 5.35. The third-order valence-electron chi connectivity index (χ3n) is 3.09. The molecule has 1 aromatic rings. The predicted octanol–water partition coefficient (Wildman–Crippen LogP) is 0.736. The third-order valence-corrected chi connectivity index (χ3v) is 3.96. The van der Waals surface area contributed by atoms with Crippen molar-refractivity contribution in [2.75, 3.05) is 19.6 Å². The lowest BCUT2D eigenvalue weighted by Gasteiger charge is -2.11. The summed E-state index contributed by atoms with van der Waals surface area (Å²) in [6.45, 7) is 2.09. The lowest BCUT2D eigenvalue weighted by atomic mass is 10.2. The van der Waals surface area contributed by atoms with Gasteiger partial charge in [0.15, 0.2) is 0 Å². The average Bonchev–Trinajstić information content (AvgIpc) is 3.09. The SMILES string of the molecule is O=C(CCNC(=O)c1cccs1)NCC1CCCN1. The largest absolute Gasteiger partial charge is 0.354 e. The molecule has 1 aliphatic rings. The molecule has 0 saturated carbocycles. The first-order chi connectivity index (χ1) is 9.25. The summed E-state index contributed by atoms with van der Waals surface area (Å²) in [7, 11) is 0. The minimum atomic E-state index is -0.111. The molecule has 0 spiro atoms. The van der Waals surface area contributed by atoms with Gasteiger partial charge in [0.2, 0.25) is 5.91 Å². The number of nitrogens with one attached hydrogen (secondary N) is 3. The summed E-state index contributed by atoms with van der Waals surface area (Å²) in [4.78, 5) is 23.9. The highest BCUT2D eigenvalue weighted by atomic mass is 32.1. The number of hydrogen-bond donors (Lipinski definition) is 3. The zero-order valence-electron chi connectivity index (χ0n) is 10.8. The second-order valence-corrected chi connectivity index (χ2v) is 5.53. The summed E-state index contributed by atoms with van der Waals surface area (Å²) in [6, 6.07) is 4.01. The van der Waals surface area contributed by atoms with Gasteiger partial charge in [-0.05, 0) is 30.8 Å². The number of carbonyl (C=O) groups is 2. The smallest absolute Gasteiger partial charge is 0.261 e. The van der Waals surface area contributed by atoms with Gasteiger partial charge in [0, 0.05) is 25.6 Å². The minimum Gasteiger partial charge on any atom is -0.354 e. The van der Waals surface area contributed by atoms with Crippen molar-refractivity contribution in [3.05, 3.63) is 22.4 Å². The van der Waals surface area contributed by atoms with Crippen molar-refractivity contribution in [1.29, 1.82) is 0 Å². The highest BCUT2D eigenvalue weighted by Gasteiger charge is 2.14. The summed E-state index contributed by atoms with van der Waals surface area (Å²) in [5, 5.41) is 10.8. The van der Waals surface area contributed by atoms with E-state index in [-0.39, 0.29) is 11.8 Å². The Morgan fingerprint density at radius 2 is 2.32 bits per heavy atom. The maximum Gasteiger partial charge on any atom is 0.261 e. The first-order valence-electron chi connectivity index (χ1n) is 6.57. The van der Waals surface area contributed by atoms with Crippen molar-refractivity contribution >= 4 is 23.2 Å². The van der Waals surface area contributed by atoms with Gasteiger partial charge < -0.3 is 16.0 Å². The predicted molar refractivity (Wildman–Crippen MR) is 75.3 cm³/mol. The van der Waals surface area contributed by atoms with Crippen molar-refractivity contribution < 1.29 is 9.59 Å². The molecule has 0 radical (unpaired) electrons. The Balaban J connectivity index is 1.57. The molecule has 1 aromatic heterocycles. The van der Waals surface area contributed by atoms with E-state index < -0.39 is 0 Å². The van der Waals surface area contributed by atoms with Gasteiger partial charge in [-0.2, -0.15) is 0 Å². The highest BCUT2D eigenvalue weighted by Crippen LogP contribution is 2.07. The van der Waals surface area contributed by atoms with Gasteiger partial charge in [0.25, 0.3) is 5.91 Å². The van der Waals surface area contributed by atoms with Crippen LogP contribution in [0.1, 0.15) is 28.9 Å². The molecule has 0 bridgehead atoms. The number of thiophene rings is 1. The van der Waals surface area contributed by atoms with E-state index in [1.807, 2.05) is 11.4 Å². The molecule has 2 heterocycles. The van der Waals surface area contributed by atoms with Gasteiger partial charge in [0.1, 0.15) is 0 Å². The van der Waals surface area contributed by atoms with Crippen LogP contribution < -0.4 is 16.0 Å². The van der Waals surface area contributed by atoms with E-state index in [0.29, 0.717) is 30.4 Å². The van der Waals surface area contributed by atoms with Crippen molar-refractivity contribution in [1.82, 2.24) is 16.0 Å². The van der Waals surface area contributed by atoms with Crippen LogP contribution in [0.3, 0.4) is 0 Å². The fourth-order valence-corrected chi connectivity index (χ4v) is 2.68. The molecular formula is C13H19N3O2S. The summed E-state index contributed by atoms with van der Waals surface area (Å²) in [5.74, 6) is -0.125. The van der Waals surface area contributed by atoms with Gasteiger partial charge >= 0.3 is 0 Å². The summed E-state index contributed by atoms with van der Waals surface area (Å²) in [5.41, 5.74) is 0. The third kappa shape index (κ3) is 4.65. The van der Waals surface area contributed by atoms with Gasteiger partial charge in [-0.1, -0.05) is 6.07 Å². The van der Waals surface area contributed by atoms with Crippen LogP contribution in [0.15, 0.2) is 17.5 Å². The monoisotopic (exact) mass is 281 g/mol. The lowest BCUT2D eigenvalue weighted by Crippen LogP contribution is -2.38. The lowest BCUT2D eigenvalue weighted by molar-refractivity contribution is -0.121. The van der Waals surface area contributed by atoms with Gasteiger partial charge in [-0.25, -0.2) is 0 Å². The highest BCUT2D eigenvalue weighted by molar-refractivity contribution is 7.12. The topological polar surface area (TPSA) is 70.2 Å². The van der Waals surface area contributed by atoms with Crippen molar-refractivity contribution in [3.8, 4) is 0 Å². The maximum absolute atomic E-state index is 11.6. The summed E-state index contributed by atoms with van der Waals surface area (Å²) in [6.07, 6.45) is 2.62. The molecule has 1 unspecified atom stereocenters. The first-order valence-corrected chi connectivity index (χ1v) is 7.45. The Hall–Kier alpha value is -1.40. The quantitative estimate of drug-likeness (QED) is 0.720. The zero-order chi connectivity index (χ0) is 13.5. The fourth-order valence-electron chi connectivity index (χ4n) is 2.04. The fraction of sp³-hybridized carbons (Fsp3) is 0.538. The molecule has 0 aliphatic carbocycles. The molecule has 19 heavy (non-hydrogen) atoms. The van der Waals surface area contributed by atoms with E-state index in [4.69, 9.17) is 0 Å². The summed E-state index contributed by atoms with van der Waals surface area (Å²) >= 11 is 1.40. The molecule has 104 valence electrons. The molecular weight excluding hydrogens is 262 g/mol. The Bertz CT molecular complexity index is 414. The zero-order valence-corrected chi connectivity index (χ0v) is 11.6. The normalized spacial score (nSPS) is 18.2. The van der Waals surface area contributed by atoms with Crippen LogP contribution in [-0.2, 0) is 4.79 Å². The van der Waals surface area contributed by atoms with E-state index in [0.717, 1.165) is 13.0 Å². The van der Waals surface area contributed by atoms with Gasteiger partial charge in [0.05, 0.1) is 4.88 Å². The number of carbonyl (C=O) groups excluding carboxylic acids is 2. The minimum absolute atomic E-state index is 0.0137. The van der Waals surface area contributed by atoms with Crippen LogP contribution in [0.2, 0.25) is 0 Å². The Morgan fingerprint density at radius 1 is 1.42 bits per heavy atom. The van der Waals surface area contributed by atoms with Crippen LogP contribution in [0.4, 0.5) is 0 Å². The summed E-state index contributed by atoms with van der Waals surface area (Å²) < 4.78 is 0. The molecule has 6 heteroatoms. The molecule has 0 aromatic carbocycles.